The third kappa shape index (κ3) is 4.01. The van der Waals surface area contributed by atoms with Gasteiger partial charge in [0.15, 0.2) is 5.69 Å². The lowest BCUT2D eigenvalue weighted by Gasteiger charge is -2.05. The van der Waals surface area contributed by atoms with E-state index in [-0.39, 0.29) is 17.9 Å². The molecule has 3 aromatic rings. The van der Waals surface area contributed by atoms with Crippen molar-refractivity contribution in [2.24, 2.45) is 11.5 Å². The highest BCUT2D eigenvalue weighted by Crippen LogP contribution is 2.13. The third-order valence-electron chi connectivity index (χ3n) is 3.86. The van der Waals surface area contributed by atoms with Gasteiger partial charge in [-0.25, -0.2) is 4.68 Å². The van der Waals surface area contributed by atoms with Gasteiger partial charge in [0.2, 0.25) is 5.91 Å². The minimum atomic E-state index is -0.695. The molecule has 0 bridgehead atoms. The van der Waals surface area contributed by atoms with Crippen molar-refractivity contribution in [3.8, 4) is 5.69 Å². The lowest BCUT2D eigenvalue weighted by atomic mass is 10.1. The predicted molar refractivity (Wildman–Crippen MR) is 98.2 cm³/mol. The molecule has 0 aliphatic carbocycles. The molecule has 3 amide bonds. The molecule has 0 unspecified atom stereocenters. The standard InChI is InChI=1S/C19H17N5O3/c20-17(25)13-6-4-5-12(9-13)11-22-19(27)15-10-16(18(21)26)24(23-15)14-7-2-1-3-8-14/h1-10H,11H2,(H2,20,25)(H2,21,26)(H,22,27). The quantitative estimate of drug-likeness (QED) is 0.602. The summed E-state index contributed by atoms with van der Waals surface area (Å²) in [6.45, 7) is 0.171. The second-order valence-corrected chi connectivity index (χ2v) is 5.77. The van der Waals surface area contributed by atoms with Crippen molar-refractivity contribution in [1.29, 1.82) is 0 Å². The number of primary amides is 2. The molecule has 0 aliphatic rings. The normalized spacial score (nSPS) is 10.4. The van der Waals surface area contributed by atoms with E-state index in [9.17, 15) is 14.4 Å². The first-order valence-corrected chi connectivity index (χ1v) is 8.08. The van der Waals surface area contributed by atoms with Crippen molar-refractivity contribution in [1.82, 2.24) is 15.1 Å². The zero-order valence-electron chi connectivity index (χ0n) is 14.3. The molecule has 0 radical (unpaired) electrons. The number of aromatic nitrogens is 2. The SMILES string of the molecule is NC(=O)c1cccc(CNC(=O)c2cc(C(N)=O)n(-c3ccccc3)n2)c1. The number of carbonyl (C=O) groups is 3. The van der Waals surface area contributed by atoms with Crippen LogP contribution in [0.2, 0.25) is 0 Å². The van der Waals surface area contributed by atoms with Gasteiger partial charge in [0.25, 0.3) is 11.8 Å². The van der Waals surface area contributed by atoms with Gasteiger partial charge in [0.05, 0.1) is 5.69 Å². The van der Waals surface area contributed by atoms with E-state index in [1.54, 1.807) is 48.5 Å². The number of rotatable bonds is 6. The molecule has 27 heavy (non-hydrogen) atoms. The van der Waals surface area contributed by atoms with E-state index in [0.717, 1.165) is 0 Å². The van der Waals surface area contributed by atoms with Gasteiger partial charge in [-0.05, 0) is 29.8 Å². The van der Waals surface area contributed by atoms with Gasteiger partial charge < -0.3 is 16.8 Å². The molecule has 0 spiro atoms. The molecular formula is C19H17N5O3. The maximum absolute atomic E-state index is 12.4. The Bertz CT molecular complexity index is 1010. The van der Waals surface area contributed by atoms with Crippen LogP contribution in [0.25, 0.3) is 5.69 Å². The number of hydrogen-bond donors (Lipinski definition) is 3. The second-order valence-electron chi connectivity index (χ2n) is 5.77. The van der Waals surface area contributed by atoms with Gasteiger partial charge in [-0.1, -0.05) is 30.3 Å². The summed E-state index contributed by atoms with van der Waals surface area (Å²) in [5.74, 6) is -1.72. The number of carbonyl (C=O) groups excluding carboxylic acids is 3. The predicted octanol–water partition coefficient (Wildman–Crippen LogP) is 1.00. The fourth-order valence-corrected chi connectivity index (χ4v) is 2.54. The van der Waals surface area contributed by atoms with E-state index >= 15 is 0 Å². The minimum absolute atomic E-state index is 0.0544. The monoisotopic (exact) mass is 363 g/mol. The molecule has 1 aromatic heterocycles. The van der Waals surface area contributed by atoms with E-state index in [4.69, 9.17) is 11.5 Å². The second kappa shape index (κ2) is 7.52. The number of hydrogen-bond acceptors (Lipinski definition) is 4. The van der Waals surface area contributed by atoms with Crippen molar-refractivity contribution in [2.45, 2.75) is 6.54 Å². The van der Waals surface area contributed by atoms with Crippen molar-refractivity contribution in [3.05, 3.63) is 83.2 Å². The van der Waals surface area contributed by atoms with Crippen LogP contribution in [0, 0.1) is 0 Å². The molecule has 8 nitrogen and oxygen atoms in total. The van der Waals surface area contributed by atoms with Crippen molar-refractivity contribution in [3.63, 3.8) is 0 Å². The first-order valence-electron chi connectivity index (χ1n) is 8.08. The summed E-state index contributed by atoms with van der Waals surface area (Å²) < 4.78 is 1.32. The van der Waals surface area contributed by atoms with E-state index in [1.807, 2.05) is 6.07 Å². The van der Waals surface area contributed by atoms with Gasteiger partial charge in [-0.2, -0.15) is 5.10 Å². The molecule has 0 atom stereocenters. The molecule has 2 aromatic carbocycles. The Morgan fingerprint density at radius 3 is 2.33 bits per heavy atom. The Kier molecular flexibility index (Phi) is 4.98. The average molecular weight is 363 g/mol. The lowest BCUT2D eigenvalue weighted by Crippen LogP contribution is -2.23. The molecule has 1 heterocycles. The summed E-state index contributed by atoms with van der Waals surface area (Å²) in [6, 6.07) is 16.8. The fraction of sp³-hybridized carbons (Fsp3) is 0.0526. The Balaban J connectivity index is 1.80. The Labute approximate surface area is 154 Å². The summed E-state index contributed by atoms with van der Waals surface area (Å²) in [5.41, 5.74) is 12.5. The molecule has 8 heteroatoms. The number of nitrogens with two attached hydrogens (primary N) is 2. The average Bonchev–Trinajstić information content (AvgIpc) is 3.13. The maximum Gasteiger partial charge on any atom is 0.272 e. The fourth-order valence-electron chi connectivity index (χ4n) is 2.54. The zero-order chi connectivity index (χ0) is 19.4. The lowest BCUT2D eigenvalue weighted by molar-refractivity contribution is 0.0944. The first kappa shape index (κ1) is 17.9. The van der Waals surface area contributed by atoms with Gasteiger partial charge in [0, 0.05) is 18.2 Å². The van der Waals surface area contributed by atoms with Crippen LogP contribution in [0.4, 0.5) is 0 Å². The highest BCUT2D eigenvalue weighted by molar-refractivity contribution is 5.97. The molecule has 3 rings (SSSR count). The van der Waals surface area contributed by atoms with Crippen LogP contribution in [-0.2, 0) is 6.54 Å². The molecule has 5 N–H and O–H groups in total. The minimum Gasteiger partial charge on any atom is -0.366 e. The van der Waals surface area contributed by atoms with Gasteiger partial charge in [0.1, 0.15) is 5.69 Å². The summed E-state index contributed by atoms with van der Waals surface area (Å²) in [4.78, 5) is 35.4. The van der Waals surface area contributed by atoms with Crippen molar-refractivity contribution < 1.29 is 14.4 Å². The number of nitrogens with zero attached hydrogens (tertiary/aromatic N) is 2. The summed E-state index contributed by atoms with van der Waals surface area (Å²) >= 11 is 0. The molecule has 136 valence electrons. The summed E-state index contributed by atoms with van der Waals surface area (Å²) in [7, 11) is 0. The molecule has 0 fully saturated rings. The largest absolute Gasteiger partial charge is 0.366 e. The number of para-hydroxylation sites is 1. The van der Waals surface area contributed by atoms with Crippen LogP contribution in [0.1, 0.15) is 36.9 Å². The van der Waals surface area contributed by atoms with Gasteiger partial charge in [-0.3, -0.25) is 14.4 Å². The maximum atomic E-state index is 12.4. The van der Waals surface area contributed by atoms with Crippen molar-refractivity contribution >= 4 is 17.7 Å². The van der Waals surface area contributed by atoms with Crippen LogP contribution >= 0.6 is 0 Å². The molecular weight excluding hydrogens is 346 g/mol. The number of nitrogens with one attached hydrogen (secondary N) is 1. The molecule has 0 saturated heterocycles. The molecule has 0 saturated carbocycles. The van der Waals surface area contributed by atoms with Gasteiger partial charge >= 0.3 is 0 Å². The topological polar surface area (TPSA) is 133 Å². The third-order valence-corrected chi connectivity index (χ3v) is 3.86. The van der Waals surface area contributed by atoms with Crippen molar-refractivity contribution in [2.75, 3.05) is 0 Å². The Morgan fingerprint density at radius 2 is 1.67 bits per heavy atom. The van der Waals surface area contributed by atoms with Crippen LogP contribution in [0.5, 0.6) is 0 Å². The summed E-state index contributed by atoms with van der Waals surface area (Å²) in [6.07, 6.45) is 0. The summed E-state index contributed by atoms with van der Waals surface area (Å²) in [5, 5.41) is 6.88. The number of amides is 3. The highest BCUT2D eigenvalue weighted by Gasteiger charge is 2.18. The van der Waals surface area contributed by atoms with Crippen LogP contribution in [0.3, 0.4) is 0 Å². The van der Waals surface area contributed by atoms with E-state index in [1.165, 1.54) is 10.7 Å². The molecule has 0 aliphatic heterocycles. The Hall–Kier alpha value is -3.94. The van der Waals surface area contributed by atoms with E-state index in [0.29, 0.717) is 16.8 Å². The van der Waals surface area contributed by atoms with Crippen LogP contribution < -0.4 is 16.8 Å². The zero-order valence-corrected chi connectivity index (χ0v) is 14.3. The first-order chi connectivity index (χ1) is 13.0. The van der Waals surface area contributed by atoms with E-state index < -0.39 is 17.7 Å². The highest BCUT2D eigenvalue weighted by atomic mass is 16.2. The van der Waals surface area contributed by atoms with Crippen LogP contribution in [0.15, 0.2) is 60.7 Å². The number of benzene rings is 2. The smallest absolute Gasteiger partial charge is 0.272 e. The van der Waals surface area contributed by atoms with E-state index in [2.05, 4.69) is 10.4 Å². The van der Waals surface area contributed by atoms with Gasteiger partial charge in [-0.15, -0.1) is 0 Å². The van der Waals surface area contributed by atoms with Crippen LogP contribution in [-0.4, -0.2) is 27.5 Å². The Morgan fingerprint density at radius 1 is 0.926 bits per heavy atom.